The van der Waals surface area contributed by atoms with E-state index in [0.717, 1.165) is 0 Å². The summed E-state index contributed by atoms with van der Waals surface area (Å²) in [7, 11) is 0. The van der Waals surface area contributed by atoms with Crippen molar-refractivity contribution in [1.82, 2.24) is 0 Å². The molecular formula is C10H16O6. The van der Waals surface area contributed by atoms with Gasteiger partial charge in [0.2, 0.25) is 0 Å². The Hall–Kier alpha value is -0.690. The van der Waals surface area contributed by atoms with E-state index >= 15 is 0 Å². The summed E-state index contributed by atoms with van der Waals surface area (Å²) in [6.07, 6.45) is -3.25. The molecule has 5 atom stereocenters. The van der Waals surface area contributed by atoms with Crippen LogP contribution in [0.3, 0.4) is 0 Å². The minimum absolute atomic E-state index is 0.224. The van der Waals surface area contributed by atoms with E-state index < -0.39 is 30.3 Å². The molecule has 2 aliphatic heterocycles. The van der Waals surface area contributed by atoms with Gasteiger partial charge in [-0.3, -0.25) is 0 Å². The summed E-state index contributed by atoms with van der Waals surface area (Å²) in [6, 6.07) is 0. The third kappa shape index (κ3) is 1.82. The standard InChI is InChI=1S/C10H16O6/c1-4-6(5(11)8(12)13)14-9-7(4)15-10(2,3)16-9/h4-7,9,11H,1-3H3,(H,12,13). The van der Waals surface area contributed by atoms with Crippen LogP contribution in [0, 0.1) is 5.92 Å². The highest BCUT2D eigenvalue weighted by Crippen LogP contribution is 2.41. The summed E-state index contributed by atoms with van der Waals surface area (Å²) in [4.78, 5) is 10.7. The number of carboxylic acids is 1. The Kier molecular flexibility index (Phi) is 2.70. The fourth-order valence-corrected chi connectivity index (χ4v) is 2.19. The van der Waals surface area contributed by atoms with E-state index in [9.17, 15) is 9.90 Å². The predicted molar refractivity (Wildman–Crippen MR) is 51.5 cm³/mol. The van der Waals surface area contributed by atoms with Crippen molar-refractivity contribution >= 4 is 5.97 Å². The summed E-state index contributed by atoms with van der Waals surface area (Å²) in [5, 5.41) is 18.2. The number of carbonyl (C=O) groups is 1. The van der Waals surface area contributed by atoms with Gasteiger partial charge in [0.05, 0.1) is 0 Å². The number of aliphatic hydroxyl groups excluding tert-OH is 1. The summed E-state index contributed by atoms with van der Waals surface area (Å²) in [5.41, 5.74) is 0. The molecule has 92 valence electrons. The maximum atomic E-state index is 10.7. The second kappa shape index (κ2) is 3.66. The molecule has 0 radical (unpaired) electrons. The quantitative estimate of drug-likeness (QED) is 0.694. The van der Waals surface area contributed by atoms with Crippen molar-refractivity contribution < 1.29 is 29.2 Å². The first kappa shape index (κ1) is 11.8. The minimum Gasteiger partial charge on any atom is -0.479 e. The van der Waals surface area contributed by atoms with Gasteiger partial charge < -0.3 is 24.4 Å². The van der Waals surface area contributed by atoms with Crippen LogP contribution in [0.4, 0.5) is 0 Å². The number of carboxylic acid groups (broad SMARTS) is 1. The number of rotatable bonds is 2. The van der Waals surface area contributed by atoms with Gasteiger partial charge in [-0.15, -0.1) is 0 Å². The maximum absolute atomic E-state index is 10.7. The highest BCUT2D eigenvalue weighted by Gasteiger charge is 2.55. The Morgan fingerprint density at radius 3 is 2.50 bits per heavy atom. The highest BCUT2D eigenvalue weighted by atomic mass is 16.8. The molecule has 6 nitrogen and oxygen atoms in total. The molecule has 0 amide bonds. The van der Waals surface area contributed by atoms with Crippen LogP contribution in [0.1, 0.15) is 20.8 Å². The third-order valence-electron chi connectivity index (χ3n) is 2.98. The molecular weight excluding hydrogens is 216 g/mol. The van der Waals surface area contributed by atoms with Crippen molar-refractivity contribution in [2.24, 2.45) is 5.92 Å². The monoisotopic (exact) mass is 232 g/mol. The molecule has 16 heavy (non-hydrogen) atoms. The van der Waals surface area contributed by atoms with Crippen LogP contribution in [0.5, 0.6) is 0 Å². The van der Waals surface area contributed by atoms with Gasteiger partial charge in [0.15, 0.2) is 18.2 Å². The SMILES string of the molecule is CC1C2OC(C)(C)OC2OC1C(O)C(=O)O. The van der Waals surface area contributed by atoms with Gasteiger partial charge in [-0.2, -0.15) is 0 Å². The van der Waals surface area contributed by atoms with E-state index in [-0.39, 0.29) is 12.0 Å². The van der Waals surface area contributed by atoms with Crippen molar-refractivity contribution in [3.05, 3.63) is 0 Å². The Morgan fingerprint density at radius 1 is 1.38 bits per heavy atom. The Morgan fingerprint density at radius 2 is 2.00 bits per heavy atom. The number of aliphatic carboxylic acids is 1. The van der Waals surface area contributed by atoms with Crippen molar-refractivity contribution in [1.29, 1.82) is 0 Å². The Labute approximate surface area is 93.1 Å². The van der Waals surface area contributed by atoms with Gasteiger partial charge >= 0.3 is 5.97 Å². The lowest BCUT2D eigenvalue weighted by atomic mass is 9.97. The second-order valence-corrected chi connectivity index (χ2v) is 4.71. The molecule has 0 bridgehead atoms. The van der Waals surface area contributed by atoms with Gasteiger partial charge in [-0.05, 0) is 13.8 Å². The van der Waals surface area contributed by atoms with Crippen LogP contribution < -0.4 is 0 Å². The van der Waals surface area contributed by atoms with E-state index in [0.29, 0.717) is 0 Å². The van der Waals surface area contributed by atoms with Crippen molar-refractivity contribution in [2.45, 2.75) is 51.2 Å². The van der Waals surface area contributed by atoms with Crippen LogP contribution in [0.25, 0.3) is 0 Å². The van der Waals surface area contributed by atoms with Gasteiger partial charge in [-0.25, -0.2) is 4.79 Å². The van der Waals surface area contributed by atoms with Crippen LogP contribution in [0.2, 0.25) is 0 Å². The first-order valence-corrected chi connectivity index (χ1v) is 5.24. The lowest BCUT2D eigenvalue weighted by Crippen LogP contribution is -2.40. The molecule has 2 saturated heterocycles. The molecule has 5 unspecified atom stereocenters. The molecule has 2 rings (SSSR count). The second-order valence-electron chi connectivity index (χ2n) is 4.71. The summed E-state index contributed by atoms with van der Waals surface area (Å²) >= 11 is 0. The zero-order valence-electron chi connectivity index (χ0n) is 9.41. The normalized spacial score (nSPS) is 43.0. The molecule has 0 aromatic heterocycles. The predicted octanol–water partition coefficient (Wildman–Crippen LogP) is -0.0556. The van der Waals surface area contributed by atoms with Gasteiger partial charge in [0.25, 0.3) is 0 Å². The highest BCUT2D eigenvalue weighted by molar-refractivity contribution is 5.72. The molecule has 2 heterocycles. The van der Waals surface area contributed by atoms with E-state index in [1.54, 1.807) is 20.8 Å². The Balaban J connectivity index is 2.08. The average Bonchev–Trinajstić information content (AvgIpc) is 2.60. The van der Waals surface area contributed by atoms with E-state index in [2.05, 4.69) is 0 Å². The lowest BCUT2D eigenvalue weighted by Gasteiger charge is -2.24. The van der Waals surface area contributed by atoms with Crippen molar-refractivity contribution in [3.8, 4) is 0 Å². The maximum Gasteiger partial charge on any atom is 0.335 e. The molecule has 2 aliphatic rings. The summed E-state index contributed by atoms with van der Waals surface area (Å²) in [6.45, 7) is 5.32. The molecule has 2 N–H and O–H groups in total. The molecule has 0 spiro atoms. The van der Waals surface area contributed by atoms with E-state index in [1.165, 1.54) is 0 Å². The first-order chi connectivity index (χ1) is 7.32. The molecule has 0 saturated carbocycles. The lowest BCUT2D eigenvalue weighted by molar-refractivity contribution is -0.220. The largest absolute Gasteiger partial charge is 0.479 e. The summed E-state index contributed by atoms with van der Waals surface area (Å²) in [5.74, 6) is -2.24. The average molecular weight is 232 g/mol. The molecule has 6 heteroatoms. The topological polar surface area (TPSA) is 85.2 Å². The van der Waals surface area contributed by atoms with Crippen LogP contribution >= 0.6 is 0 Å². The number of hydrogen-bond acceptors (Lipinski definition) is 5. The fraction of sp³-hybridized carbons (Fsp3) is 0.900. The van der Waals surface area contributed by atoms with Crippen LogP contribution in [-0.4, -0.2) is 46.6 Å². The van der Waals surface area contributed by atoms with Crippen molar-refractivity contribution in [2.75, 3.05) is 0 Å². The number of aliphatic hydroxyl groups is 1. The minimum atomic E-state index is -1.55. The van der Waals surface area contributed by atoms with Gasteiger partial charge in [-0.1, -0.05) is 6.92 Å². The van der Waals surface area contributed by atoms with Crippen LogP contribution in [-0.2, 0) is 19.0 Å². The molecule has 2 fully saturated rings. The first-order valence-electron chi connectivity index (χ1n) is 5.24. The van der Waals surface area contributed by atoms with Gasteiger partial charge in [0, 0.05) is 5.92 Å². The third-order valence-corrected chi connectivity index (χ3v) is 2.98. The zero-order valence-corrected chi connectivity index (χ0v) is 9.41. The van der Waals surface area contributed by atoms with Crippen LogP contribution in [0.15, 0.2) is 0 Å². The number of ether oxygens (including phenoxy) is 3. The van der Waals surface area contributed by atoms with Crippen molar-refractivity contribution in [3.63, 3.8) is 0 Å². The Bertz CT molecular complexity index is 302. The molecule has 0 aromatic carbocycles. The molecule has 0 aliphatic carbocycles. The van der Waals surface area contributed by atoms with E-state index in [4.69, 9.17) is 19.3 Å². The number of hydrogen-bond donors (Lipinski definition) is 2. The number of fused-ring (bicyclic) bond motifs is 1. The molecule has 0 aromatic rings. The fourth-order valence-electron chi connectivity index (χ4n) is 2.19. The van der Waals surface area contributed by atoms with Gasteiger partial charge in [0.1, 0.15) is 12.2 Å². The summed E-state index contributed by atoms with van der Waals surface area (Å²) < 4.78 is 16.4. The van der Waals surface area contributed by atoms with E-state index in [1.807, 2.05) is 0 Å². The zero-order chi connectivity index (χ0) is 12.1. The smallest absolute Gasteiger partial charge is 0.335 e.